The molecule has 0 heterocycles. The Bertz CT molecular complexity index is 5290. The molecule has 1 aliphatic rings. The summed E-state index contributed by atoms with van der Waals surface area (Å²) in [5.41, 5.74) is 22.2. The molecule has 0 amide bonds. The molecule has 3 heteroatoms. The first-order valence-corrected chi connectivity index (χ1v) is 31.7. The minimum atomic E-state index is -0.446. The normalized spacial score (nSPS) is 12.4. The average Bonchev–Trinajstić information content (AvgIpc) is 1.40. The van der Waals surface area contributed by atoms with Gasteiger partial charge in [0.05, 0.1) is 11.4 Å². The first-order valence-electron chi connectivity index (χ1n) is 31.7. The van der Waals surface area contributed by atoms with E-state index < -0.39 is 5.41 Å². The van der Waals surface area contributed by atoms with Crippen molar-refractivity contribution >= 4 is 94.7 Å². The van der Waals surface area contributed by atoms with E-state index in [1.807, 2.05) is 6.08 Å². The highest BCUT2D eigenvalue weighted by Gasteiger charge is 2.38. The van der Waals surface area contributed by atoms with E-state index in [9.17, 15) is 0 Å². The summed E-state index contributed by atoms with van der Waals surface area (Å²) in [7, 11) is 0. The van der Waals surface area contributed by atoms with Gasteiger partial charge in [0.2, 0.25) is 0 Å². The highest BCUT2D eigenvalue weighted by molar-refractivity contribution is 6.24. The second-order valence-corrected chi connectivity index (χ2v) is 24.5. The molecule has 0 bridgehead atoms. The van der Waals surface area contributed by atoms with E-state index in [2.05, 4.69) is 375 Å². The van der Waals surface area contributed by atoms with Crippen LogP contribution in [0, 0.1) is 0 Å². The van der Waals surface area contributed by atoms with Gasteiger partial charge >= 0.3 is 0 Å². The topological polar surface area (TPSA) is 9.72 Å². The zero-order valence-corrected chi connectivity index (χ0v) is 51.5. The Morgan fingerprint density at radius 3 is 1.20 bits per heavy atom. The summed E-state index contributed by atoms with van der Waals surface area (Å²) in [6.45, 7) is 9.46. The lowest BCUT2D eigenvalue weighted by molar-refractivity contribution is 0.661. The zero-order chi connectivity index (χ0) is 61.7. The van der Waals surface area contributed by atoms with E-state index in [1.165, 1.54) is 66.1 Å². The first-order chi connectivity index (χ1) is 45.3. The predicted molar refractivity (Wildman–Crippen MR) is 393 cm³/mol. The van der Waals surface area contributed by atoms with E-state index in [-0.39, 0.29) is 0 Å². The van der Waals surface area contributed by atoms with Crippen LogP contribution in [0.1, 0.15) is 30.5 Å². The molecule has 0 aromatic heterocycles. The average molecular weight is 1180 g/mol. The van der Waals surface area contributed by atoms with Crippen LogP contribution < -0.4 is 14.7 Å². The summed E-state index contributed by atoms with van der Waals surface area (Å²) in [4.78, 5) is 7.41. The Balaban J connectivity index is 0.969. The van der Waals surface area contributed by atoms with Gasteiger partial charge in [-0.3, -0.25) is 0 Å². The molecule has 1 aliphatic carbocycles. The maximum absolute atomic E-state index is 4.62. The van der Waals surface area contributed by atoms with Crippen molar-refractivity contribution in [1.29, 1.82) is 0 Å². The minimum Gasteiger partial charge on any atom is -0.310 e. The minimum absolute atomic E-state index is 0.446. The number of benzene rings is 15. The molecule has 0 N–H and O–H groups in total. The molecule has 0 spiro atoms. The highest BCUT2D eigenvalue weighted by atomic mass is 15.2. The van der Waals surface area contributed by atoms with Crippen molar-refractivity contribution in [2.45, 2.75) is 19.3 Å². The molecule has 0 saturated carbocycles. The van der Waals surface area contributed by atoms with Gasteiger partial charge in [0.1, 0.15) is 0 Å². The first kappa shape index (κ1) is 55.5. The quantitative estimate of drug-likeness (QED) is 0.0610. The monoisotopic (exact) mass is 1180 g/mol. The smallest absolute Gasteiger partial charge is 0.0620 e. The molecule has 436 valence electrons. The van der Waals surface area contributed by atoms with E-state index in [1.54, 1.807) is 0 Å². The van der Waals surface area contributed by atoms with E-state index in [0.717, 1.165) is 89.4 Å². The number of hydrogen-bond acceptors (Lipinski definition) is 3. The van der Waals surface area contributed by atoms with Crippen LogP contribution in [0.2, 0.25) is 0 Å². The van der Waals surface area contributed by atoms with Crippen LogP contribution in [0.25, 0.3) is 93.7 Å². The fraction of sp³-hybridized carbons (Fsp3) is 0.0337. The van der Waals surface area contributed by atoms with Gasteiger partial charge in [-0.2, -0.15) is 0 Å². The molecule has 16 rings (SSSR count). The van der Waals surface area contributed by atoms with E-state index in [0.29, 0.717) is 0 Å². The van der Waals surface area contributed by atoms with Gasteiger partial charge in [-0.15, -0.1) is 0 Å². The molecular weight excluding hydrogens is 1110 g/mol. The summed E-state index contributed by atoms with van der Waals surface area (Å²) in [5, 5.41) is 9.23. The van der Waals surface area contributed by atoms with Crippen molar-refractivity contribution in [2.24, 2.45) is 0 Å². The van der Waals surface area contributed by atoms with Crippen LogP contribution in [-0.4, -0.2) is 0 Å². The second-order valence-electron chi connectivity index (χ2n) is 24.5. The van der Waals surface area contributed by atoms with Crippen molar-refractivity contribution in [3.63, 3.8) is 0 Å². The van der Waals surface area contributed by atoms with Gasteiger partial charge in [-0.05, 0) is 180 Å². The third-order valence-electron chi connectivity index (χ3n) is 18.7. The molecule has 92 heavy (non-hydrogen) atoms. The molecule has 0 fully saturated rings. The Morgan fingerprint density at radius 1 is 0.293 bits per heavy atom. The van der Waals surface area contributed by atoms with Crippen molar-refractivity contribution in [2.75, 3.05) is 14.7 Å². The van der Waals surface area contributed by atoms with Crippen LogP contribution in [0.15, 0.2) is 352 Å². The van der Waals surface area contributed by atoms with Crippen molar-refractivity contribution in [3.8, 4) is 44.5 Å². The van der Waals surface area contributed by atoms with Crippen molar-refractivity contribution in [3.05, 3.63) is 369 Å². The summed E-state index contributed by atoms with van der Waals surface area (Å²) >= 11 is 0. The van der Waals surface area contributed by atoms with E-state index in [4.69, 9.17) is 0 Å². The highest BCUT2D eigenvalue weighted by Crippen LogP contribution is 2.57. The van der Waals surface area contributed by atoms with Gasteiger partial charge in [-0.1, -0.05) is 269 Å². The lowest BCUT2D eigenvalue weighted by atomic mass is 9.81. The Morgan fingerprint density at radius 2 is 0.674 bits per heavy atom. The Labute approximate surface area is 538 Å². The van der Waals surface area contributed by atoms with Gasteiger partial charge in [0, 0.05) is 66.8 Å². The third kappa shape index (κ3) is 9.98. The Kier molecular flexibility index (Phi) is 14.1. The number of anilines is 8. The molecule has 0 atom stereocenters. The molecule has 0 aliphatic heterocycles. The van der Waals surface area contributed by atoms with Crippen LogP contribution in [0.3, 0.4) is 0 Å². The van der Waals surface area contributed by atoms with Gasteiger partial charge in [0.25, 0.3) is 0 Å². The number of nitrogens with zero attached hydrogens (tertiary/aromatic N) is 3. The molecule has 15 aromatic carbocycles. The summed E-state index contributed by atoms with van der Waals surface area (Å²) in [6, 6.07) is 122. The number of rotatable bonds is 14. The maximum atomic E-state index is 4.62. The lowest BCUT2D eigenvalue weighted by Gasteiger charge is -2.34. The predicted octanol–water partition coefficient (Wildman–Crippen LogP) is 24.9. The summed E-state index contributed by atoms with van der Waals surface area (Å²) in [6.07, 6.45) is 4.29. The number of hydrogen-bond donors (Lipinski definition) is 0. The van der Waals surface area contributed by atoms with Crippen LogP contribution in [0.5, 0.6) is 0 Å². The van der Waals surface area contributed by atoms with Crippen LogP contribution in [-0.2, 0) is 5.41 Å². The van der Waals surface area contributed by atoms with Crippen molar-refractivity contribution in [1.82, 2.24) is 0 Å². The summed E-state index contributed by atoms with van der Waals surface area (Å²) < 4.78 is 0. The SMILES string of the molecule is C=C/C(=C\c1ccccc1)N(c1ccc(-c2ccccc2)cc1)c1c2ccccc2c(N(c2ccc(-c3ccccc3)cc2)c2ccc3ccccc3c2)c2cc3c(cc12)C(C)(C)c1cc(N(c2ccc(-c4ccccc4)cc2)c2ccc4ccccc4c2)ccc1-3. The molecule has 0 radical (unpaired) electrons. The molecule has 15 aromatic rings. The van der Waals surface area contributed by atoms with Gasteiger partial charge in [0.15, 0.2) is 0 Å². The molecular formula is C89H65N3. The van der Waals surface area contributed by atoms with Crippen molar-refractivity contribution < 1.29 is 0 Å². The third-order valence-corrected chi connectivity index (χ3v) is 18.7. The Hall–Kier alpha value is -11.8. The maximum Gasteiger partial charge on any atom is 0.0620 e. The largest absolute Gasteiger partial charge is 0.310 e. The van der Waals surface area contributed by atoms with Crippen LogP contribution >= 0.6 is 0 Å². The fourth-order valence-corrected chi connectivity index (χ4v) is 14.1. The molecule has 0 unspecified atom stereocenters. The zero-order valence-electron chi connectivity index (χ0n) is 51.5. The molecule has 0 saturated heterocycles. The number of allylic oxidation sites excluding steroid dienone is 1. The fourth-order valence-electron chi connectivity index (χ4n) is 14.1. The van der Waals surface area contributed by atoms with Gasteiger partial charge < -0.3 is 14.7 Å². The standard InChI is InChI=1S/C89H65N3/c1-4-72(55-61-23-9-5-10-24-61)91(74-47-39-68(40-48-74)63-27-13-7-14-28-63)88-81-36-22-21-35-80(81)87(92(77-52-44-66-32-18-20-34-71(66)57-77)75-49-41-69(42-50-75)64-29-15-8-16-30-64)83-59-82-79-54-53-78(58-85(79)89(2,3)86(82)60-84(83)88)90(76-51-43-65-31-17-19-33-70(65)56-76)73-45-37-67(38-46-73)62-25-11-6-12-26-62/h4-60H,1H2,2-3H3/b72-55+. The molecule has 3 nitrogen and oxygen atoms in total. The van der Waals surface area contributed by atoms with Crippen LogP contribution in [0.4, 0.5) is 45.5 Å². The second kappa shape index (κ2) is 23.3. The van der Waals surface area contributed by atoms with E-state index >= 15 is 0 Å². The number of fused-ring (bicyclic) bond motifs is 7. The lowest BCUT2D eigenvalue weighted by Crippen LogP contribution is -2.19. The van der Waals surface area contributed by atoms with Gasteiger partial charge in [-0.25, -0.2) is 0 Å². The summed E-state index contributed by atoms with van der Waals surface area (Å²) in [5.74, 6) is 0.